The number of benzene rings is 1. The van der Waals surface area contributed by atoms with E-state index < -0.39 is 0 Å². The zero-order valence-corrected chi connectivity index (χ0v) is 13.9. The summed E-state index contributed by atoms with van der Waals surface area (Å²) in [6, 6.07) is 11.5. The Morgan fingerprint density at radius 3 is 2.68 bits per heavy atom. The van der Waals surface area contributed by atoms with Crippen LogP contribution in [0.25, 0.3) is 6.08 Å². The molecule has 1 aromatic carbocycles. The van der Waals surface area contributed by atoms with Crippen LogP contribution in [-0.4, -0.2) is 15.2 Å². The van der Waals surface area contributed by atoms with Crippen LogP contribution in [0.5, 0.6) is 0 Å². The zero-order chi connectivity index (χ0) is 15.7. The fraction of sp³-hybridized carbons (Fsp3) is 0.118. The Hall–Kier alpha value is -1.98. The molecule has 2 heterocycles. The van der Waals surface area contributed by atoms with Crippen molar-refractivity contribution in [1.82, 2.24) is 4.98 Å². The molecule has 1 aliphatic rings. The normalized spacial score (nSPS) is 16.6. The van der Waals surface area contributed by atoms with Gasteiger partial charge < -0.3 is 0 Å². The molecule has 1 fully saturated rings. The van der Waals surface area contributed by atoms with Crippen molar-refractivity contribution in [2.24, 2.45) is 0 Å². The van der Waals surface area contributed by atoms with Crippen LogP contribution in [0.4, 0.5) is 5.69 Å². The third-order valence-corrected chi connectivity index (χ3v) is 4.81. The minimum Gasteiger partial charge on any atom is -0.268 e. The molecule has 0 aliphatic carbocycles. The molecule has 1 aliphatic heterocycles. The Balaban J connectivity index is 1.95. The predicted molar refractivity (Wildman–Crippen MR) is 95.8 cm³/mol. The van der Waals surface area contributed by atoms with Gasteiger partial charge in [-0.1, -0.05) is 36.1 Å². The van der Waals surface area contributed by atoms with Crippen LogP contribution >= 0.6 is 24.0 Å². The molecular weight excluding hydrogens is 312 g/mol. The topological polar surface area (TPSA) is 33.2 Å². The number of hydrogen-bond acceptors (Lipinski definition) is 4. The van der Waals surface area contributed by atoms with Crippen molar-refractivity contribution in [3.05, 3.63) is 64.3 Å². The number of anilines is 1. The molecule has 3 nitrogen and oxygen atoms in total. The first-order chi connectivity index (χ1) is 10.6. The lowest BCUT2D eigenvalue weighted by Gasteiger charge is -2.15. The van der Waals surface area contributed by atoms with Gasteiger partial charge in [0, 0.05) is 6.20 Å². The lowest BCUT2D eigenvalue weighted by molar-refractivity contribution is -0.113. The number of thiocarbonyl (C=S) groups is 1. The summed E-state index contributed by atoms with van der Waals surface area (Å²) in [6.45, 7) is 4.07. The highest BCUT2D eigenvalue weighted by Gasteiger charge is 2.33. The quantitative estimate of drug-likeness (QED) is 0.614. The number of aryl methyl sites for hydroxylation is 2. The average molecular weight is 326 g/mol. The maximum atomic E-state index is 12.6. The number of aromatic nitrogens is 1. The number of hydrogen-bond donors (Lipinski definition) is 0. The minimum absolute atomic E-state index is 0.0936. The van der Waals surface area contributed by atoms with Gasteiger partial charge >= 0.3 is 0 Å². The summed E-state index contributed by atoms with van der Waals surface area (Å²) >= 11 is 6.69. The molecule has 22 heavy (non-hydrogen) atoms. The van der Waals surface area contributed by atoms with Crippen molar-refractivity contribution < 1.29 is 4.79 Å². The third kappa shape index (κ3) is 2.82. The van der Waals surface area contributed by atoms with E-state index in [4.69, 9.17) is 12.2 Å². The fourth-order valence-corrected chi connectivity index (χ4v) is 3.43. The molecule has 2 aromatic rings. The second kappa shape index (κ2) is 6.02. The van der Waals surface area contributed by atoms with Crippen molar-refractivity contribution in [1.29, 1.82) is 0 Å². The summed E-state index contributed by atoms with van der Waals surface area (Å²) in [7, 11) is 0. The van der Waals surface area contributed by atoms with Gasteiger partial charge in [-0.05, 0) is 55.3 Å². The molecule has 0 unspecified atom stereocenters. The summed E-state index contributed by atoms with van der Waals surface area (Å²) < 4.78 is 0.551. The lowest BCUT2D eigenvalue weighted by Crippen LogP contribution is -2.27. The Kier molecular flexibility index (Phi) is 4.09. The Labute approximate surface area is 139 Å². The summed E-state index contributed by atoms with van der Waals surface area (Å²) in [5, 5.41) is 0. The second-order valence-corrected chi connectivity index (χ2v) is 6.72. The van der Waals surface area contributed by atoms with Crippen molar-refractivity contribution in [2.75, 3.05) is 4.90 Å². The van der Waals surface area contributed by atoms with Gasteiger partial charge in [0.25, 0.3) is 5.91 Å². The molecular formula is C17H14N2OS2. The summed E-state index contributed by atoms with van der Waals surface area (Å²) in [5.74, 6) is -0.0936. The largest absolute Gasteiger partial charge is 0.270 e. The number of rotatable bonds is 2. The van der Waals surface area contributed by atoms with E-state index in [1.165, 1.54) is 17.3 Å². The van der Waals surface area contributed by atoms with Crippen LogP contribution in [0.3, 0.4) is 0 Å². The smallest absolute Gasteiger partial charge is 0.268 e. The number of thioether (sulfide) groups is 1. The Bertz CT molecular complexity index is 785. The van der Waals surface area contributed by atoms with Crippen molar-refractivity contribution in [3.63, 3.8) is 0 Å². The molecule has 0 bridgehead atoms. The van der Waals surface area contributed by atoms with Crippen LogP contribution in [0, 0.1) is 13.8 Å². The molecule has 110 valence electrons. The summed E-state index contributed by atoms with van der Waals surface area (Å²) in [4.78, 5) is 19.0. The first kappa shape index (κ1) is 14.9. The Morgan fingerprint density at radius 2 is 2.00 bits per heavy atom. The molecule has 0 atom stereocenters. The van der Waals surface area contributed by atoms with Crippen LogP contribution in [0.2, 0.25) is 0 Å². The molecule has 1 aromatic heterocycles. The van der Waals surface area contributed by atoms with Crippen molar-refractivity contribution in [2.45, 2.75) is 13.8 Å². The van der Waals surface area contributed by atoms with E-state index in [0.29, 0.717) is 9.23 Å². The average Bonchev–Trinajstić information content (AvgIpc) is 2.78. The SMILES string of the molecule is Cc1ccc(N2C(=O)C(=Cc3ccccn3)SC2=S)cc1C. The molecule has 1 amide bonds. The monoisotopic (exact) mass is 326 g/mol. The van der Waals surface area contributed by atoms with E-state index in [0.717, 1.165) is 16.9 Å². The van der Waals surface area contributed by atoms with Gasteiger partial charge in [-0.25, -0.2) is 0 Å². The van der Waals surface area contributed by atoms with Gasteiger partial charge in [0.15, 0.2) is 4.32 Å². The molecule has 0 radical (unpaired) electrons. The van der Waals surface area contributed by atoms with Gasteiger partial charge in [-0.15, -0.1) is 0 Å². The maximum Gasteiger partial charge on any atom is 0.270 e. The van der Waals surface area contributed by atoms with Crippen LogP contribution in [-0.2, 0) is 4.79 Å². The van der Waals surface area contributed by atoms with E-state index in [-0.39, 0.29) is 5.91 Å². The van der Waals surface area contributed by atoms with Gasteiger partial charge in [-0.3, -0.25) is 14.7 Å². The zero-order valence-electron chi connectivity index (χ0n) is 12.2. The molecule has 5 heteroatoms. The highest BCUT2D eigenvalue weighted by atomic mass is 32.2. The fourth-order valence-electron chi connectivity index (χ4n) is 2.15. The lowest BCUT2D eigenvalue weighted by atomic mass is 10.1. The molecule has 0 spiro atoms. The van der Waals surface area contributed by atoms with E-state index >= 15 is 0 Å². The standard InChI is InChI=1S/C17H14N2OS2/c1-11-6-7-14(9-12(11)2)19-16(20)15(22-17(19)21)10-13-5-3-4-8-18-13/h3-10H,1-2H3. The highest BCUT2D eigenvalue weighted by Crippen LogP contribution is 2.36. The predicted octanol–water partition coefficient (Wildman–Crippen LogP) is 4.10. The van der Waals surface area contributed by atoms with E-state index in [1.807, 2.05) is 50.2 Å². The van der Waals surface area contributed by atoms with Gasteiger partial charge in [0.1, 0.15) is 0 Å². The van der Waals surface area contributed by atoms with E-state index in [9.17, 15) is 4.79 Å². The van der Waals surface area contributed by atoms with Gasteiger partial charge in [0.2, 0.25) is 0 Å². The molecule has 3 rings (SSSR count). The van der Waals surface area contributed by atoms with E-state index in [2.05, 4.69) is 4.98 Å². The highest BCUT2D eigenvalue weighted by molar-refractivity contribution is 8.27. The van der Waals surface area contributed by atoms with Crippen LogP contribution in [0.15, 0.2) is 47.5 Å². The summed E-state index contributed by atoms with van der Waals surface area (Å²) in [6.07, 6.45) is 3.48. The molecule has 1 saturated heterocycles. The maximum absolute atomic E-state index is 12.6. The number of carbonyl (C=O) groups is 1. The minimum atomic E-state index is -0.0936. The van der Waals surface area contributed by atoms with Crippen molar-refractivity contribution in [3.8, 4) is 0 Å². The van der Waals surface area contributed by atoms with Gasteiger partial charge in [-0.2, -0.15) is 0 Å². The van der Waals surface area contributed by atoms with Crippen LogP contribution in [0.1, 0.15) is 16.8 Å². The van der Waals surface area contributed by atoms with Crippen molar-refractivity contribution >= 4 is 46.0 Å². The molecule has 0 N–H and O–H groups in total. The van der Waals surface area contributed by atoms with Gasteiger partial charge in [0.05, 0.1) is 16.3 Å². The molecule has 0 saturated carbocycles. The van der Waals surface area contributed by atoms with E-state index in [1.54, 1.807) is 17.2 Å². The third-order valence-electron chi connectivity index (χ3n) is 3.51. The number of carbonyl (C=O) groups excluding carboxylic acids is 1. The second-order valence-electron chi connectivity index (χ2n) is 5.04. The number of pyridine rings is 1. The number of amides is 1. The number of nitrogens with zero attached hydrogens (tertiary/aromatic N) is 2. The van der Waals surface area contributed by atoms with Crippen LogP contribution < -0.4 is 4.90 Å². The first-order valence-electron chi connectivity index (χ1n) is 6.82. The summed E-state index contributed by atoms with van der Waals surface area (Å²) in [5.41, 5.74) is 3.90. The first-order valence-corrected chi connectivity index (χ1v) is 8.05. The Morgan fingerprint density at radius 1 is 1.18 bits per heavy atom.